The van der Waals surface area contributed by atoms with E-state index < -0.39 is 5.95 Å². The molecule has 0 bridgehead atoms. The van der Waals surface area contributed by atoms with Gasteiger partial charge in [0.15, 0.2) is 0 Å². The summed E-state index contributed by atoms with van der Waals surface area (Å²) in [7, 11) is 0. The Hall–Kier alpha value is 0.949. The standard InChI is InChI=1S/C9H21P.Fe/c1-7(2)10(8(3)4)9(5)6;/h7-9H,1-6H3;/q;-1/p+1. The molecule has 0 saturated heterocycles. The van der Waals surface area contributed by atoms with Crippen LogP contribution in [0.15, 0.2) is 0 Å². The molecule has 0 aromatic rings. The fourth-order valence-electron chi connectivity index (χ4n) is 2.00. The molecule has 0 aliphatic heterocycles. The van der Waals surface area contributed by atoms with Gasteiger partial charge in [0.25, 0.3) is 0 Å². The van der Waals surface area contributed by atoms with Crippen molar-refractivity contribution in [1.82, 2.24) is 0 Å². The van der Waals surface area contributed by atoms with Crippen molar-refractivity contribution < 1.29 is 15.6 Å². The SMILES string of the molecule is CC(C)[PH]([Fe])(C(C)C)C(C)C. The third kappa shape index (κ3) is 2.44. The van der Waals surface area contributed by atoms with Gasteiger partial charge in [-0.2, -0.15) is 0 Å². The molecule has 0 amide bonds. The van der Waals surface area contributed by atoms with Crippen LogP contribution in [0.4, 0.5) is 0 Å². The molecule has 0 unspecified atom stereocenters. The van der Waals surface area contributed by atoms with Gasteiger partial charge in [0.1, 0.15) is 0 Å². The van der Waals surface area contributed by atoms with Gasteiger partial charge in [-0.05, 0) is 0 Å². The first-order chi connectivity index (χ1) is 4.83. The van der Waals surface area contributed by atoms with Crippen LogP contribution in [0, 0.1) is 0 Å². The Labute approximate surface area is 80.3 Å². The second kappa shape index (κ2) is 4.26. The van der Waals surface area contributed by atoms with Crippen LogP contribution >= 0.6 is 5.95 Å². The van der Waals surface area contributed by atoms with Crippen LogP contribution in [-0.4, -0.2) is 17.0 Å². The second-order valence-electron chi connectivity index (χ2n) is 4.27. The van der Waals surface area contributed by atoms with Crippen LogP contribution in [-0.2, 0) is 15.6 Å². The van der Waals surface area contributed by atoms with E-state index in [4.69, 9.17) is 0 Å². The zero-order chi connectivity index (χ0) is 9.23. The van der Waals surface area contributed by atoms with Crippen LogP contribution in [0.5, 0.6) is 0 Å². The van der Waals surface area contributed by atoms with E-state index in [0.717, 1.165) is 17.0 Å². The van der Waals surface area contributed by atoms with Crippen molar-refractivity contribution in [1.29, 1.82) is 0 Å². The van der Waals surface area contributed by atoms with Crippen LogP contribution in [0.1, 0.15) is 41.5 Å². The molecule has 2 heteroatoms. The van der Waals surface area contributed by atoms with Crippen LogP contribution in [0.25, 0.3) is 0 Å². The first-order valence-corrected chi connectivity index (χ1v) is 8.25. The molecule has 0 nitrogen and oxygen atoms in total. The Morgan fingerprint density at radius 3 is 0.909 bits per heavy atom. The van der Waals surface area contributed by atoms with E-state index >= 15 is 0 Å². The summed E-state index contributed by atoms with van der Waals surface area (Å²) in [6.07, 6.45) is 0. The molecule has 0 saturated carbocycles. The fourth-order valence-corrected chi connectivity index (χ4v) is 6.00. The van der Waals surface area contributed by atoms with Gasteiger partial charge in [-0.3, -0.25) is 0 Å². The molecule has 0 radical (unpaired) electrons. The zero-order valence-corrected chi connectivity index (χ0v) is 10.7. The first-order valence-electron chi connectivity index (χ1n) is 4.51. The minimum atomic E-state index is -1.23. The Kier molecular flexibility index (Phi) is 4.63. The molecule has 0 rings (SSSR count). The van der Waals surface area contributed by atoms with Gasteiger partial charge >= 0.3 is 80.0 Å². The van der Waals surface area contributed by atoms with Crippen LogP contribution in [0.2, 0.25) is 0 Å². The maximum absolute atomic E-state index is 4.51. The first kappa shape index (κ1) is 11.9. The molecule has 0 aromatic carbocycles. The quantitative estimate of drug-likeness (QED) is 0.501. The Morgan fingerprint density at radius 1 is 0.727 bits per heavy atom. The molecule has 11 heavy (non-hydrogen) atoms. The summed E-state index contributed by atoms with van der Waals surface area (Å²) in [5.41, 5.74) is 2.42. The van der Waals surface area contributed by atoms with E-state index in [-0.39, 0.29) is 0 Å². The predicted molar refractivity (Wildman–Crippen MR) is 53.7 cm³/mol. The summed E-state index contributed by atoms with van der Waals surface area (Å²) >= 11 is 4.51. The monoisotopic (exact) mass is 217 g/mol. The second-order valence-corrected chi connectivity index (χ2v) is 12.2. The van der Waals surface area contributed by atoms with E-state index in [1.807, 2.05) is 0 Å². The van der Waals surface area contributed by atoms with E-state index in [1.165, 1.54) is 0 Å². The van der Waals surface area contributed by atoms with E-state index in [1.54, 1.807) is 0 Å². The van der Waals surface area contributed by atoms with E-state index in [0.29, 0.717) is 0 Å². The Bertz CT molecular complexity index is 97.0. The molecule has 71 valence electrons. The zero-order valence-electron chi connectivity index (χ0n) is 8.59. The molecule has 0 heterocycles. The maximum atomic E-state index is 4.51. The summed E-state index contributed by atoms with van der Waals surface area (Å²) in [6.45, 7) is 14.0. The third-order valence-electron chi connectivity index (χ3n) is 2.61. The molecular weight excluding hydrogens is 195 g/mol. The van der Waals surface area contributed by atoms with Gasteiger partial charge in [-0.1, -0.05) is 0 Å². The van der Waals surface area contributed by atoms with E-state index in [9.17, 15) is 0 Å². The van der Waals surface area contributed by atoms with E-state index in [2.05, 4.69) is 57.1 Å². The molecular formula is C9H22FeP. The fraction of sp³-hybridized carbons (Fsp3) is 1.00. The summed E-state index contributed by atoms with van der Waals surface area (Å²) < 4.78 is 0. The van der Waals surface area contributed by atoms with Crippen molar-refractivity contribution in [3.8, 4) is 0 Å². The molecule has 0 aliphatic carbocycles. The summed E-state index contributed by atoms with van der Waals surface area (Å²) in [5, 5.41) is 0. The molecule has 0 spiro atoms. The number of hydrogen-bond donors (Lipinski definition) is 0. The van der Waals surface area contributed by atoms with Crippen molar-refractivity contribution >= 4 is 5.95 Å². The summed E-state index contributed by atoms with van der Waals surface area (Å²) in [6, 6.07) is 0. The number of rotatable bonds is 3. The molecule has 0 fully saturated rings. The van der Waals surface area contributed by atoms with Gasteiger partial charge in [0, 0.05) is 0 Å². The van der Waals surface area contributed by atoms with Gasteiger partial charge < -0.3 is 0 Å². The van der Waals surface area contributed by atoms with Gasteiger partial charge in [-0.25, -0.2) is 0 Å². The van der Waals surface area contributed by atoms with Crippen molar-refractivity contribution in [3.05, 3.63) is 0 Å². The van der Waals surface area contributed by atoms with Crippen LogP contribution in [0.3, 0.4) is 0 Å². The third-order valence-corrected chi connectivity index (χ3v) is 13.6. The van der Waals surface area contributed by atoms with Crippen LogP contribution < -0.4 is 0 Å². The van der Waals surface area contributed by atoms with Gasteiger partial charge in [0.2, 0.25) is 0 Å². The Morgan fingerprint density at radius 2 is 0.909 bits per heavy atom. The molecule has 0 aliphatic rings. The molecule has 0 aromatic heterocycles. The van der Waals surface area contributed by atoms with Gasteiger partial charge in [-0.15, -0.1) is 0 Å². The minimum absolute atomic E-state index is 0.808. The molecule has 0 N–H and O–H groups in total. The van der Waals surface area contributed by atoms with Gasteiger partial charge in [0.05, 0.1) is 0 Å². The Balaban J connectivity index is 4.53. The van der Waals surface area contributed by atoms with Crippen molar-refractivity contribution in [3.63, 3.8) is 0 Å². The van der Waals surface area contributed by atoms with Crippen molar-refractivity contribution in [2.75, 3.05) is 0 Å². The predicted octanol–water partition coefficient (Wildman–Crippen LogP) is 3.42. The summed E-state index contributed by atoms with van der Waals surface area (Å²) in [4.78, 5) is 0. The number of hydrogen-bond acceptors (Lipinski definition) is 0. The topological polar surface area (TPSA) is 0 Å². The average Bonchev–Trinajstić information content (AvgIpc) is 1.84. The molecule has 0 atom stereocenters. The summed E-state index contributed by atoms with van der Waals surface area (Å²) in [5.74, 6) is -1.23. The average molecular weight is 217 g/mol. The van der Waals surface area contributed by atoms with Crippen molar-refractivity contribution in [2.24, 2.45) is 0 Å². The normalized spacial score (nSPS) is 15.1. The van der Waals surface area contributed by atoms with Crippen molar-refractivity contribution in [2.45, 2.75) is 58.5 Å².